The number of amides is 1. The van der Waals surface area contributed by atoms with Crippen LogP contribution in [0.5, 0.6) is 11.5 Å². The molecule has 32 heavy (non-hydrogen) atoms. The molecular formula is C25H23NO6. The van der Waals surface area contributed by atoms with Crippen molar-refractivity contribution >= 4 is 17.4 Å². The van der Waals surface area contributed by atoms with E-state index in [0.717, 1.165) is 0 Å². The van der Waals surface area contributed by atoms with Crippen LogP contribution in [0.2, 0.25) is 0 Å². The number of aliphatic hydroxyl groups is 1. The van der Waals surface area contributed by atoms with E-state index in [1.165, 1.54) is 23.3 Å². The molecule has 164 valence electrons. The summed E-state index contributed by atoms with van der Waals surface area (Å²) in [4.78, 5) is 27.4. The van der Waals surface area contributed by atoms with Crippen LogP contribution in [0.25, 0.3) is 5.76 Å². The van der Waals surface area contributed by atoms with Gasteiger partial charge in [-0.2, -0.15) is 0 Å². The lowest BCUT2D eigenvalue weighted by Gasteiger charge is -2.24. The van der Waals surface area contributed by atoms with E-state index >= 15 is 0 Å². The topological polar surface area (TPSA) is 100 Å². The predicted octanol–water partition coefficient (Wildman–Crippen LogP) is 4.39. The average molecular weight is 433 g/mol. The van der Waals surface area contributed by atoms with E-state index in [2.05, 4.69) is 0 Å². The van der Waals surface area contributed by atoms with Crippen molar-refractivity contribution in [3.63, 3.8) is 0 Å². The highest BCUT2D eigenvalue weighted by Gasteiger charge is 2.46. The molecule has 1 aromatic heterocycles. The summed E-state index contributed by atoms with van der Waals surface area (Å²) in [7, 11) is 0. The van der Waals surface area contributed by atoms with Crippen molar-refractivity contribution in [2.45, 2.75) is 32.5 Å². The first-order valence-electron chi connectivity index (χ1n) is 10.2. The molecule has 4 rings (SSSR count). The molecule has 1 aliphatic heterocycles. The molecule has 7 nitrogen and oxygen atoms in total. The second-order valence-corrected chi connectivity index (χ2v) is 7.79. The molecule has 0 spiro atoms. The van der Waals surface area contributed by atoms with Gasteiger partial charge in [0.25, 0.3) is 11.7 Å². The van der Waals surface area contributed by atoms with Crippen molar-refractivity contribution in [3.05, 3.63) is 89.4 Å². The molecule has 3 aromatic rings. The third kappa shape index (κ3) is 4.09. The van der Waals surface area contributed by atoms with Gasteiger partial charge in [0.15, 0.2) is 0 Å². The number of nitrogens with zero attached hydrogens (tertiary/aromatic N) is 1. The number of Topliss-reactive ketones (excluding diaryl/α,β-unsaturated/α-hetero) is 1. The number of aromatic hydroxyl groups is 1. The summed E-state index contributed by atoms with van der Waals surface area (Å²) in [6.45, 7) is 3.82. The number of phenolic OH excluding ortho intramolecular Hbond substituents is 1. The molecule has 2 heterocycles. The van der Waals surface area contributed by atoms with Gasteiger partial charge in [-0.05, 0) is 55.8 Å². The number of phenols is 1. The lowest BCUT2D eigenvalue weighted by Crippen LogP contribution is -2.29. The van der Waals surface area contributed by atoms with E-state index in [0.29, 0.717) is 22.6 Å². The van der Waals surface area contributed by atoms with E-state index in [-0.39, 0.29) is 29.7 Å². The van der Waals surface area contributed by atoms with Gasteiger partial charge in [0, 0.05) is 5.56 Å². The molecule has 1 atom stereocenters. The molecule has 2 N–H and O–H groups in total. The van der Waals surface area contributed by atoms with E-state index in [1.807, 2.05) is 13.8 Å². The van der Waals surface area contributed by atoms with Crippen LogP contribution < -0.4 is 4.74 Å². The van der Waals surface area contributed by atoms with Crippen LogP contribution in [0, 0.1) is 0 Å². The van der Waals surface area contributed by atoms with Gasteiger partial charge in [-0.1, -0.05) is 24.3 Å². The minimum absolute atomic E-state index is 0.0334. The molecule has 0 aliphatic carbocycles. The zero-order valence-electron chi connectivity index (χ0n) is 17.7. The zero-order valence-corrected chi connectivity index (χ0v) is 17.7. The predicted molar refractivity (Wildman–Crippen MR) is 117 cm³/mol. The molecule has 1 amide bonds. The Morgan fingerprint density at radius 2 is 1.84 bits per heavy atom. The summed E-state index contributed by atoms with van der Waals surface area (Å²) in [6.07, 6.45) is 1.42. The Morgan fingerprint density at radius 3 is 2.50 bits per heavy atom. The molecule has 0 saturated carbocycles. The molecule has 1 aliphatic rings. The fourth-order valence-corrected chi connectivity index (χ4v) is 3.76. The Labute approximate surface area is 185 Å². The molecule has 1 unspecified atom stereocenters. The molecule has 0 radical (unpaired) electrons. The standard InChI is InChI=1S/C25H23NO6/c1-15(2)32-19-6-3-5-17(13-19)23(28)21-22(16-8-10-18(27)11-9-16)26(25(30)24(21)29)14-20-7-4-12-31-20/h3-13,15,22,27-28H,14H2,1-2H3/b23-21-. The molecule has 2 aromatic carbocycles. The van der Waals surface area contributed by atoms with Gasteiger partial charge < -0.3 is 24.3 Å². The Morgan fingerprint density at radius 1 is 1.09 bits per heavy atom. The molecule has 7 heteroatoms. The SMILES string of the molecule is CC(C)Oc1cccc(/C(O)=C2/C(=O)C(=O)N(Cc3ccco3)C2c2ccc(O)cc2)c1. The van der Waals surface area contributed by atoms with Gasteiger partial charge >= 0.3 is 0 Å². The number of aliphatic hydroxyl groups excluding tert-OH is 1. The Kier molecular flexibility index (Phi) is 5.73. The van der Waals surface area contributed by atoms with Crippen LogP contribution in [0.15, 0.2) is 76.9 Å². The lowest BCUT2D eigenvalue weighted by atomic mass is 9.95. The first-order valence-corrected chi connectivity index (χ1v) is 10.2. The number of ketones is 1. The van der Waals surface area contributed by atoms with Gasteiger partial charge in [0.1, 0.15) is 23.0 Å². The maximum absolute atomic E-state index is 13.1. The number of rotatable bonds is 6. The van der Waals surface area contributed by atoms with Gasteiger partial charge in [-0.25, -0.2) is 0 Å². The summed E-state index contributed by atoms with van der Waals surface area (Å²) in [5.41, 5.74) is 0.904. The van der Waals surface area contributed by atoms with Gasteiger partial charge in [-0.15, -0.1) is 0 Å². The largest absolute Gasteiger partial charge is 0.508 e. The number of ether oxygens (including phenoxy) is 1. The second kappa shape index (κ2) is 8.63. The average Bonchev–Trinajstić information content (AvgIpc) is 3.36. The van der Waals surface area contributed by atoms with E-state index in [1.54, 1.807) is 48.5 Å². The fourth-order valence-electron chi connectivity index (χ4n) is 3.76. The van der Waals surface area contributed by atoms with Crippen molar-refractivity contribution in [2.75, 3.05) is 0 Å². The lowest BCUT2D eigenvalue weighted by molar-refractivity contribution is -0.140. The quantitative estimate of drug-likeness (QED) is 0.340. The van der Waals surface area contributed by atoms with Crippen LogP contribution in [-0.2, 0) is 16.1 Å². The van der Waals surface area contributed by atoms with Crippen LogP contribution in [0.4, 0.5) is 0 Å². The van der Waals surface area contributed by atoms with Crippen molar-refractivity contribution in [2.24, 2.45) is 0 Å². The number of hydrogen-bond acceptors (Lipinski definition) is 6. The highest BCUT2D eigenvalue weighted by molar-refractivity contribution is 6.46. The third-order valence-electron chi connectivity index (χ3n) is 5.13. The van der Waals surface area contributed by atoms with Gasteiger partial charge in [-0.3, -0.25) is 9.59 Å². The Bertz CT molecular complexity index is 1160. The number of hydrogen-bond donors (Lipinski definition) is 2. The minimum Gasteiger partial charge on any atom is -0.508 e. The van der Waals surface area contributed by atoms with Crippen LogP contribution in [0.1, 0.15) is 36.8 Å². The number of carbonyl (C=O) groups excluding carboxylic acids is 2. The summed E-state index contributed by atoms with van der Waals surface area (Å²) >= 11 is 0. The zero-order chi connectivity index (χ0) is 22.8. The number of likely N-dealkylation sites (tertiary alicyclic amines) is 1. The minimum atomic E-state index is -0.852. The second-order valence-electron chi connectivity index (χ2n) is 7.79. The van der Waals surface area contributed by atoms with Crippen molar-refractivity contribution in [1.29, 1.82) is 0 Å². The monoisotopic (exact) mass is 433 g/mol. The molecule has 1 saturated heterocycles. The Hall–Kier alpha value is -4.00. The smallest absolute Gasteiger partial charge is 0.296 e. The van der Waals surface area contributed by atoms with Crippen LogP contribution in [0.3, 0.4) is 0 Å². The molecule has 0 bridgehead atoms. The maximum Gasteiger partial charge on any atom is 0.296 e. The maximum atomic E-state index is 13.1. The third-order valence-corrected chi connectivity index (χ3v) is 5.13. The van der Waals surface area contributed by atoms with Gasteiger partial charge in [0.05, 0.1) is 30.5 Å². The Balaban J connectivity index is 1.83. The van der Waals surface area contributed by atoms with Crippen LogP contribution in [-0.4, -0.2) is 32.9 Å². The number of carbonyl (C=O) groups is 2. The highest BCUT2D eigenvalue weighted by atomic mass is 16.5. The fraction of sp³-hybridized carbons (Fsp3) is 0.200. The summed E-state index contributed by atoms with van der Waals surface area (Å²) in [6, 6.07) is 15.5. The molecular weight excluding hydrogens is 410 g/mol. The summed E-state index contributed by atoms with van der Waals surface area (Å²) in [5, 5.41) is 20.8. The number of benzene rings is 2. The summed E-state index contributed by atoms with van der Waals surface area (Å²) in [5.74, 6) is -0.733. The van der Waals surface area contributed by atoms with Crippen molar-refractivity contribution in [3.8, 4) is 11.5 Å². The van der Waals surface area contributed by atoms with Crippen molar-refractivity contribution < 1.29 is 29.0 Å². The molecule has 1 fully saturated rings. The van der Waals surface area contributed by atoms with Crippen molar-refractivity contribution in [1.82, 2.24) is 4.90 Å². The van der Waals surface area contributed by atoms with E-state index < -0.39 is 17.7 Å². The van der Waals surface area contributed by atoms with E-state index in [9.17, 15) is 19.8 Å². The number of furan rings is 1. The van der Waals surface area contributed by atoms with E-state index in [4.69, 9.17) is 9.15 Å². The van der Waals surface area contributed by atoms with Gasteiger partial charge in [0.2, 0.25) is 0 Å². The summed E-state index contributed by atoms with van der Waals surface area (Å²) < 4.78 is 11.1. The first-order chi connectivity index (χ1) is 15.3. The highest BCUT2D eigenvalue weighted by Crippen LogP contribution is 2.41. The van der Waals surface area contributed by atoms with Crippen LogP contribution >= 0.6 is 0 Å². The first kappa shape index (κ1) is 21.2. The normalized spacial score (nSPS) is 17.8.